The van der Waals surface area contributed by atoms with Gasteiger partial charge in [-0.15, -0.1) is 0 Å². The summed E-state index contributed by atoms with van der Waals surface area (Å²) < 4.78 is 16.3. The van der Waals surface area contributed by atoms with Crippen molar-refractivity contribution in [2.45, 2.75) is 40.2 Å². The minimum atomic E-state index is -1.66. The van der Waals surface area contributed by atoms with Crippen molar-refractivity contribution >= 4 is 9.53 Å². The van der Waals surface area contributed by atoms with Gasteiger partial charge in [0, 0.05) is 13.2 Å². The fourth-order valence-electron chi connectivity index (χ4n) is 1.11. The highest BCUT2D eigenvalue weighted by Gasteiger charge is 2.25. The van der Waals surface area contributed by atoms with Crippen LogP contribution >= 0.6 is 0 Å². The van der Waals surface area contributed by atoms with Gasteiger partial charge in [-0.05, 0) is 27.2 Å². The molecule has 0 rings (SSSR count). The van der Waals surface area contributed by atoms with Crippen LogP contribution in [-0.2, 0) is 13.3 Å². The van der Waals surface area contributed by atoms with E-state index < -0.39 is 9.53 Å². The first kappa shape index (κ1) is 14.6. The zero-order valence-corrected chi connectivity index (χ0v) is 10.9. The molecule has 0 saturated carbocycles. The number of nitriles is 1. The van der Waals surface area contributed by atoms with Gasteiger partial charge in [0.2, 0.25) is 0 Å². The summed E-state index contributed by atoms with van der Waals surface area (Å²) in [4.78, 5) is 0. The Hall–Kier alpha value is -0.413. The molecular formula is C10H20NO3Si. The van der Waals surface area contributed by atoms with Gasteiger partial charge in [-0.25, -0.2) is 0 Å². The molecule has 15 heavy (non-hydrogen) atoms. The predicted octanol–water partition coefficient (Wildman–Crippen LogP) is 2.00. The van der Waals surface area contributed by atoms with E-state index >= 15 is 0 Å². The zero-order valence-electron chi connectivity index (χ0n) is 9.95. The molecule has 0 aliphatic heterocycles. The molecule has 0 aromatic carbocycles. The molecule has 87 valence electrons. The van der Waals surface area contributed by atoms with Crippen LogP contribution in [0.15, 0.2) is 0 Å². The summed E-state index contributed by atoms with van der Waals surface area (Å²) in [5, 5.41) is 8.87. The molecule has 4 nitrogen and oxygen atoms in total. The van der Waals surface area contributed by atoms with Crippen LogP contribution in [0.25, 0.3) is 0 Å². The lowest BCUT2D eigenvalue weighted by molar-refractivity contribution is 0.0543. The first-order chi connectivity index (χ1) is 7.19. The third-order valence-corrected chi connectivity index (χ3v) is 3.59. The van der Waals surface area contributed by atoms with E-state index in [2.05, 4.69) is 6.07 Å². The van der Waals surface area contributed by atoms with Gasteiger partial charge in [-0.1, -0.05) is 6.92 Å². The summed E-state index contributed by atoms with van der Waals surface area (Å²) in [6, 6.07) is 2.22. The summed E-state index contributed by atoms with van der Waals surface area (Å²) >= 11 is 0. The third kappa shape index (κ3) is 5.90. The largest absolute Gasteiger partial charge is 0.578 e. The van der Waals surface area contributed by atoms with Crippen molar-refractivity contribution in [3.63, 3.8) is 0 Å². The van der Waals surface area contributed by atoms with E-state index in [-0.39, 0.29) is 12.0 Å². The van der Waals surface area contributed by atoms with Crippen LogP contribution in [-0.4, -0.2) is 28.8 Å². The van der Waals surface area contributed by atoms with Crippen molar-refractivity contribution in [2.75, 3.05) is 13.2 Å². The van der Waals surface area contributed by atoms with Crippen LogP contribution < -0.4 is 0 Å². The molecule has 0 bridgehead atoms. The fourth-order valence-corrected chi connectivity index (χ4v) is 2.27. The van der Waals surface area contributed by atoms with Crippen LogP contribution in [0.5, 0.6) is 0 Å². The van der Waals surface area contributed by atoms with Gasteiger partial charge < -0.3 is 13.3 Å². The second-order valence-electron chi connectivity index (χ2n) is 3.08. The Morgan fingerprint density at radius 2 is 1.73 bits per heavy atom. The van der Waals surface area contributed by atoms with Gasteiger partial charge in [0.25, 0.3) is 0 Å². The Morgan fingerprint density at radius 3 is 2.07 bits per heavy atom. The van der Waals surface area contributed by atoms with Crippen molar-refractivity contribution in [2.24, 2.45) is 5.92 Å². The minimum absolute atomic E-state index is 0.0917. The van der Waals surface area contributed by atoms with E-state index in [9.17, 15) is 0 Å². The molecule has 0 aromatic heterocycles. The average Bonchev–Trinajstić information content (AvgIpc) is 2.20. The Labute approximate surface area is 94.1 Å². The normalized spacial score (nSPS) is 14.9. The quantitative estimate of drug-likeness (QED) is 0.598. The number of rotatable bonds is 8. The maximum Gasteiger partial charge on any atom is 0.578 e. The molecule has 2 unspecified atom stereocenters. The van der Waals surface area contributed by atoms with Crippen LogP contribution in [0, 0.1) is 17.2 Å². The van der Waals surface area contributed by atoms with Crippen molar-refractivity contribution in [1.29, 1.82) is 5.26 Å². The summed E-state index contributed by atoms with van der Waals surface area (Å²) in [6.07, 6.45) is 0.650. The lowest BCUT2D eigenvalue weighted by Gasteiger charge is -2.21. The molecule has 0 saturated heterocycles. The molecule has 2 atom stereocenters. The monoisotopic (exact) mass is 230 g/mol. The molecular weight excluding hydrogens is 210 g/mol. The minimum Gasteiger partial charge on any atom is -0.371 e. The third-order valence-electron chi connectivity index (χ3n) is 1.98. The maximum atomic E-state index is 8.87. The van der Waals surface area contributed by atoms with Crippen molar-refractivity contribution in [1.82, 2.24) is 0 Å². The molecule has 1 radical (unpaired) electrons. The molecule has 0 amide bonds. The molecule has 5 heteroatoms. The van der Waals surface area contributed by atoms with E-state index in [1.54, 1.807) is 0 Å². The molecule has 0 fully saturated rings. The lowest BCUT2D eigenvalue weighted by Crippen LogP contribution is -2.34. The van der Waals surface area contributed by atoms with Gasteiger partial charge >= 0.3 is 9.53 Å². The summed E-state index contributed by atoms with van der Waals surface area (Å²) in [5.74, 6) is -0.0917. The summed E-state index contributed by atoms with van der Waals surface area (Å²) in [7, 11) is -1.66. The number of hydrogen-bond acceptors (Lipinski definition) is 4. The summed E-state index contributed by atoms with van der Waals surface area (Å²) in [6.45, 7) is 8.81. The predicted molar refractivity (Wildman–Crippen MR) is 58.9 cm³/mol. The summed E-state index contributed by atoms with van der Waals surface area (Å²) in [5.41, 5.74) is 0. The van der Waals surface area contributed by atoms with Crippen LogP contribution in [0.1, 0.15) is 34.1 Å². The van der Waals surface area contributed by atoms with Crippen molar-refractivity contribution < 1.29 is 13.3 Å². The highest BCUT2D eigenvalue weighted by molar-refractivity contribution is 6.36. The Balaban J connectivity index is 4.08. The maximum absolute atomic E-state index is 8.87. The topological polar surface area (TPSA) is 51.5 Å². The van der Waals surface area contributed by atoms with Gasteiger partial charge in [0.1, 0.15) is 0 Å². The van der Waals surface area contributed by atoms with E-state index in [0.29, 0.717) is 13.2 Å². The zero-order chi connectivity index (χ0) is 11.7. The van der Waals surface area contributed by atoms with Crippen LogP contribution in [0.3, 0.4) is 0 Å². The van der Waals surface area contributed by atoms with Gasteiger partial charge in [0.05, 0.1) is 18.1 Å². The van der Waals surface area contributed by atoms with E-state index in [0.717, 1.165) is 6.42 Å². The highest BCUT2D eigenvalue weighted by Crippen LogP contribution is 2.12. The van der Waals surface area contributed by atoms with Crippen LogP contribution in [0.2, 0.25) is 0 Å². The van der Waals surface area contributed by atoms with Crippen molar-refractivity contribution in [3.8, 4) is 6.07 Å². The van der Waals surface area contributed by atoms with Gasteiger partial charge in [0.15, 0.2) is 0 Å². The number of hydrogen-bond donors (Lipinski definition) is 0. The Morgan fingerprint density at radius 1 is 1.20 bits per heavy atom. The van der Waals surface area contributed by atoms with Crippen LogP contribution in [0.4, 0.5) is 0 Å². The SMILES string of the molecule is CCO[Si](OCC)OC(C)C(C#N)CC. The second-order valence-corrected chi connectivity index (χ2v) is 4.40. The standard InChI is InChI=1S/C10H20NO3Si/c1-5-10(8-11)9(4)14-15(12-6-2)13-7-3/h9-10H,5-7H2,1-4H3. The first-order valence-electron chi connectivity index (χ1n) is 5.38. The molecule has 0 aromatic rings. The van der Waals surface area contributed by atoms with E-state index in [4.69, 9.17) is 18.5 Å². The molecule has 0 N–H and O–H groups in total. The Kier molecular flexibility index (Phi) is 8.62. The molecule has 0 aliphatic carbocycles. The smallest absolute Gasteiger partial charge is 0.371 e. The average molecular weight is 230 g/mol. The van der Waals surface area contributed by atoms with Gasteiger partial charge in [-0.3, -0.25) is 0 Å². The fraction of sp³-hybridized carbons (Fsp3) is 0.900. The van der Waals surface area contributed by atoms with E-state index in [1.807, 2.05) is 27.7 Å². The van der Waals surface area contributed by atoms with E-state index in [1.165, 1.54) is 0 Å². The molecule has 0 aliphatic rings. The Bertz CT molecular complexity index is 190. The highest BCUT2D eigenvalue weighted by atomic mass is 28.3. The van der Waals surface area contributed by atoms with Gasteiger partial charge in [-0.2, -0.15) is 5.26 Å². The van der Waals surface area contributed by atoms with Crippen molar-refractivity contribution in [3.05, 3.63) is 0 Å². The molecule has 0 heterocycles. The lowest BCUT2D eigenvalue weighted by atomic mass is 10.0. The number of nitrogens with zero attached hydrogens (tertiary/aromatic N) is 1. The first-order valence-corrected chi connectivity index (χ1v) is 6.60. The second kappa shape index (κ2) is 8.86. The molecule has 0 spiro atoms.